The number of rotatable bonds is 6. The van der Waals surface area contributed by atoms with Crippen LogP contribution in [0.15, 0.2) is 90.7 Å². The number of hydrogen-bond acceptors (Lipinski definition) is 5. The Morgan fingerprint density at radius 1 is 0.879 bits per heavy atom. The standard InChI is InChI=1S/C28H20O5/c1-31-21-13-8-20(9-14-21)24(29)17-32-22-11-6-18(7-12-22)16-26-28(30)27-23-5-3-2-4-19(23)10-15-25(27)33-26/h2-16H,17H2,1H3/b26-16-. The van der Waals surface area contributed by atoms with Gasteiger partial charge < -0.3 is 14.2 Å². The number of carbonyl (C=O) groups excluding carboxylic acids is 2. The summed E-state index contributed by atoms with van der Waals surface area (Å²) in [6, 6.07) is 25.6. The Morgan fingerprint density at radius 3 is 2.36 bits per heavy atom. The minimum atomic E-state index is -0.132. The van der Waals surface area contributed by atoms with Crippen molar-refractivity contribution in [2.24, 2.45) is 0 Å². The Morgan fingerprint density at radius 2 is 1.61 bits per heavy atom. The second kappa shape index (κ2) is 8.63. The Bertz CT molecular complexity index is 1380. The molecule has 0 saturated carbocycles. The van der Waals surface area contributed by atoms with Crippen molar-refractivity contribution in [2.45, 2.75) is 0 Å². The van der Waals surface area contributed by atoms with Gasteiger partial charge in [-0.25, -0.2) is 0 Å². The number of methoxy groups -OCH3 is 1. The molecule has 0 atom stereocenters. The van der Waals surface area contributed by atoms with Gasteiger partial charge in [-0.15, -0.1) is 0 Å². The molecule has 4 aromatic carbocycles. The van der Waals surface area contributed by atoms with Crippen LogP contribution in [0, 0.1) is 0 Å². The van der Waals surface area contributed by atoms with E-state index in [0.717, 1.165) is 16.3 Å². The van der Waals surface area contributed by atoms with Crippen LogP contribution in [0.4, 0.5) is 0 Å². The Labute approximate surface area is 190 Å². The van der Waals surface area contributed by atoms with Crippen molar-refractivity contribution in [1.29, 1.82) is 0 Å². The molecule has 0 fully saturated rings. The summed E-state index contributed by atoms with van der Waals surface area (Å²) in [5, 5.41) is 1.88. The highest BCUT2D eigenvalue weighted by Gasteiger charge is 2.29. The molecular formula is C28H20O5. The molecule has 4 aromatic rings. The van der Waals surface area contributed by atoms with Crippen molar-refractivity contribution in [1.82, 2.24) is 0 Å². The van der Waals surface area contributed by atoms with E-state index in [9.17, 15) is 9.59 Å². The quantitative estimate of drug-likeness (QED) is 0.285. The Balaban J connectivity index is 1.27. The van der Waals surface area contributed by atoms with Crippen LogP contribution in [0.5, 0.6) is 17.2 Å². The molecule has 0 spiro atoms. The van der Waals surface area contributed by atoms with Crippen molar-refractivity contribution >= 4 is 28.4 Å². The van der Waals surface area contributed by atoms with E-state index < -0.39 is 0 Å². The molecule has 33 heavy (non-hydrogen) atoms. The van der Waals surface area contributed by atoms with Crippen LogP contribution >= 0.6 is 0 Å². The van der Waals surface area contributed by atoms with Gasteiger partial charge >= 0.3 is 0 Å². The van der Waals surface area contributed by atoms with Crippen molar-refractivity contribution in [3.05, 3.63) is 107 Å². The number of fused-ring (bicyclic) bond motifs is 3. The molecule has 0 radical (unpaired) electrons. The topological polar surface area (TPSA) is 61.8 Å². The lowest BCUT2D eigenvalue weighted by Crippen LogP contribution is -2.11. The number of benzene rings is 4. The van der Waals surface area contributed by atoms with E-state index in [1.165, 1.54) is 0 Å². The Kier molecular flexibility index (Phi) is 5.37. The molecule has 1 aliphatic rings. The highest BCUT2D eigenvalue weighted by atomic mass is 16.5. The molecule has 5 rings (SSSR count). The van der Waals surface area contributed by atoms with Gasteiger partial charge in [0.1, 0.15) is 17.2 Å². The van der Waals surface area contributed by atoms with Gasteiger partial charge in [-0.2, -0.15) is 0 Å². The largest absolute Gasteiger partial charge is 0.497 e. The summed E-state index contributed by atoms with van der Waals surface area (Å²) < 4.78 is 16.6. The average molecular weight is 436 g/mol. The first-order chi connectivity index (χ1) is 16.1. The normalized spacial score (nSPS) is 13.6. The lowest BCUT2D eigenvalue weighted by molar-refractivity contribution is 0.0921. The first-order valence-electron chi connectivity index (χ1n) is 10.5. The fourth-order valence-electron chi connectivity index (χ4n) is 3.77. The van der Waals surface area contributed by atoms with E-state index in [2.05, 4.69) is 0 Å². The van der Waals surface area contributed by atoms with Gasteiger partial charge in [0.05, 0.1) is 12.7 Å². The molecule has 0 saturated heterocycles. The molecule has 5 heteroatoms. The second-order valence-electron chi connectivity index (χ2n) is 7.61. The first-order valence-corrected chi connectivity index (χ1v) is 10.5. The molecule has 0 amide bonds. The zero-order chi connectivity index (χ0) is 22.8. The van der Waals surface area contributed by atoms with Gasteiger partial charge in [0.15, 0.2) is 18.1 Å². The van der Waals surface area contributed by atoms with Crippen LogP contribution in [0.2, 0.25) is 0 Å². The number of Topliss-reactive ketones (excluding diaryl/α,β-unsaturated/α-hetero) is 2. The number of carbonyl (C=O) groups is 2. The first kappa shape index (κ1) is 20.5. The number of allylic oxidation sites excluding steroid dienone is 1. The minimum Gasteiger partial charge on any atom is -0.497 e. The van der Waals surface area contributed by atoms with Crippen LogP contribution in [-0.2, 0) is 0 Å². The summed E-state index contributed by atoms with van der Waals surface area (Å²) in [4.78, 5) is 25.3. The molecule has 1 heterocycles. The predicted molar refractivity (Wildman–Crippen MR) is 126 cm³/mol. The summed E-state index contributed by atoms with van der Waals surface area (Å²) in [5.41, 5.74) is 1.95. The monoisotopic (exact) mass is 436 g/mol. The molecule has 0 bridgehead atoms. The molecule has 5 nitrogen and oxygen atoms in total. The zero-order valence-electron chi connectivity index (χ0n) is 17.9. The summed E-state index contributed by atoms with van der Waals surface area (Å²) in [6.45, 7) is -0.0727. The van der Waals surface area contributed by atoms with Gasteiger partial charge in [0.2, 0.25) is 5.78 Å². The average Bonchev–Trinajstić information content (AvgIpc) is 3.19. The van der Waals surface area contributed by atoms with Crippen molar-refractivity contribution in [3.8, 4) is 17.2 Å². The highest BCUT2D eigenvalue weighted by molar-refractivity contribution is 6.21. The number of hydrogen-bond donors (Lipinski definition) is 0. The lowest BCUT2D eigenvalue weighted by Gasteiger charge is -2.07. The van der Waals surface area contributed by atoms with E-state index in [-0.39, 0.29) is 23.9 Å². The smallest absolute Gasteiger partial charge is 0.232 e. The zero-order valence-corrected chi connectivity index (χ0v) is 17.9. The third-order valence-electron chi connectivity index (χ3n) is 5.52. The molecular weight excluding hydrogens is 416 g/mol. The van der Waals surface area contributed by atoms with Crippen LogP contribution in [-0.4, -0.2) is 25.3 Å². The van der Waals surface area contributed by atoms with Crippen molar-refractivity contribution in [2.75, 3.05) is 13.7 Å². The summed E-state index contributed by atoms with van der Waals surface area (Å²) in [5.74, 6) is 1.85. The number of ether oxygens (including phenoxy) is 3. The van der Waals surface area contributed by atoms with Gasteiger partial charge in [-0.1, -0.05) is 42.5 Å². The Hall–Kier alpha value is -4.38. The summed E-state index contributed by atoms with van der Waals surface area (Å²) in [7, 11) is 1.58. The van der Waals surface area contributed by atoms with E-state index >= 15 is 0 Å². The highest BCUT2D eigenvalue weighted by Crippen LogP contribution is 2.37. The molecule has 0 aromatic heterocycles. The predicted octanol–water partition coefficient (Wildman–Crippen LogP) is 5.73. The van der Waals surface area contributed by atoms with Gasteiger partial charge in [0, 0.05) is 5.56 Å². The van der Waals surface area contributed by atoms with Crippen molar-refractivity contribution in [3.63, 3.8) is 0 Å². The van der Waals surface area contributed by atoms with Gasteiger partial charge in [-0.05, 0) is 64.9 Å². The van der Waals surface area contributed by atoms with Crippen LogP contribution in [0.1, 0.15) is 26.3 Å². The van der Waals surface area contributed by atoms with Crippen LogP contribution in [0.3, 0.4) is 0 Å². The second-order valence-corrected chi connectivity index (χ2v) is 7.61. The van der Waals surface area contributed by atoms with Crippen LogP contribution in [0.25, 0.3) is 16.8 Å². The molecule has 1 aliphatic heterocycles. The molecule has 0 aliphatic carbocycles. The van der Waals surface area contributed by atoms with Crippen LogP contribution < -0.4 is 14.2 Å². The fourth-order valence-corrected chi connectivity index (χ4v) is 3.77. The maximum atomic E-state index is 13.0. The SMILES string of the molecule is COc1ccc(C(=O)COc2ccc(/C=C3\Oc4ccc5ccccc5c4C3=O)cc2)cc1. The van der Waals surface area contributed by atoms with Gasteiger partial charge in [0.25, 0.3) is 0 Å². The maximum absolute atomic E-state index is 13.0. The summed E-state index contributed by atoms with van der Waals surface area (Å²) >= 11 is 0. The summed E-state index contributed by atoms with van der Waals surface area (Å²) in [6.07, 6.45) is 1.71. The number of ketones is 2. The maximum Gasteiger partial charge on any atom is 0.232 e. The van der Waals surface area contributed by atoms with E-state index in [1.54, 1.807) is 49.6 Å². The minimum absolute atomic E-state index is 0.0727. The van der Waals surface area contributed by atoms with E-state index in [0.29, 0.717) is 28.4 Å². The molecule has 0 unspecified atom stereocenters. The van der Waals surface area contributed by atoms with Crippen molar-refractivity contribution < 1.29 is 23.8 Å². The van der Waals surface area contributed by atoms with E-state index in [4.69, 9.17) is 14.2 Å². The third-order valence-corrected chi connectivity index (χ3v) is 5.52. The van der Waals surface area contributed by atoms with Gasteiger partial charge in [-0.3, -0.25) is 9.59 Å². The fraction of sp³-hybridized carbons (Fsp3) is 0.0714. The third kappa shape index (κ3) is 4.08. The molecule has 162 valence electrons. The lowest BCUT2D eigenvalue weighted by atomic mass is 10.0. The van der Waals surface area contributed by atoms with E-state index in [1.807, 2.05) is 48.5 Å². The molecule has 0 N–H and O–H groups in total.